The normalized spacial score (nSPS) is 18.0. The topological polar surface area (TPSA) is 71.1 Å². The third kappa shape index (κ3) is 8.49. The third-order valence-electron chi connectivity index (χ3n) is 3.61. The van der Waals surface area contributed by atoms with Crippen molar-refractivity contribution in [2.45, 2.75) is 51.9 Å². The van der Waals surface area contributed by atoms with Crippen molar-refractivity contribution in [2.24, 2.45) is 0 Å². The first-order chi connectivity index (χ1) is 11.4. The molecule has 25 heavy (non-hydrogen) atoms. The minimum absolute atomic E-state index is 0.0653. The Kier molecular flexibility index (Phi) is 7.62. The largest absolute Gasteiger partial charge is 0.444 e. The number of amides is 2. The maximum absolute atomic E-state index is 13.7. The van der Waals surface area contributed by atoms with Crippen LogP contribution in [0.5, 0.6) is 0 Å². The molecule has 1 rings (SSSR count). The molecular formula is C17H32FN3O4. The van der Waals surface area contributed by atoms with E-state index in [0.29, 0.717) is 32.7 Å². The van der Waals surface area contributed by atoms with Gasteiger partial charge in [0.1, 0.15) is 17.3 Å². The zero-order chi connectivity index (χ0) is 19.3. The first kappa shape index (κ1) is 21.6. The minimum atomic E-state index is -1.26. The van der Waals surface area contributed by atoms with Crippen molar-refractivity contribution in [1.29, 1.82) is 0 Å². The average Bonchev–Trinajstić information content (AvgIpc) is 2.43. The van der Waals surface area contributed by atoms with Gasteiger partial charge < -0.3 is 19.7 Å². The van der Waals surface area contributed by atoms with Gasteiger partial charge in [-0.05, 0) is 34.6 Å². The van der Waals surface area contributed by atoms with E-state index in [1.807, 2.05) is 4.90 Å². The molecular weight excluding hydrogens is 329 g/mol. The van der Waals surface area contributed by atoms with E-state index in [9.17, 15) is 14.0 Å². The van der Waals surface area contributed by atoms with Crippen molar-refractivity contribution < 1.29 is 23.5 Å². The summed E-state index contributed by atoms with van der Waals surface area (Å²) >= 11 is 0. The Morgan fingerprint density at radius 1 is 1.12 bits per heavy atom. The summed E-state index contributed by atoms with van der Waals surface area (Å²) in [5, 5.41) is 2.57. The fourth-order valence-electron chi connectivity index (χ4n) is 2.67. The number of halogens is 1. The van der Waals surface area contributed by atoms with Crippen molar-refractivity contribution >= 4 is 12.0 Å². The van der Waals surface area contributed by atoms with Gasteiger partial charge in [-0.2, -0.15) is 0 Å². The smallest absolute Gasteiger partial charge is 0.408 e. The first-order valence-corrected chi connectivity index (χ1v) is 8.60. The van der Waals surface area contributed by atoms with Crippen molar-refractivity contribution in [3.05, 3.63) is 0 Å². The average molecular weight is 361 g/mol. The molecule has 1 fully saturated rings. The molecule has 0 radical (unpaired) electrons. The molecule has 1 atom stereocenters. The van der Waals surface area contributed by atoms with Crippen LogP contribution in [-0.2, 0) is 14.3 Å². The molecule has 7 nitrogen and oxygen atoms in total. The molecule has 1 saturated heterocycles. The number of hydrogen-bond donors (Lipinski definition) is 1. The van der Waals surface area contributed by atoms with Crippen LogP contribution < -0.4 is 5.32 Å². The van der Waals surface area contributed by atoms with Crippen molar-refractivity contribution in [3.8, 4) is 0 Å². The quantitative estimate of drug-likeness (QED) is 0.775. The molecule has 8 heteroatoms. The summed E-state index contributed by atoms with van der Waals surface area (Å²) in [4.78, 5) is 28.3. The fourth-order valence-corrected chi connectivity index (χ4v) is 2.67. The summed E-state index contributed by atoms with van der Waals surface area (Å²) in [6.07, 6.45) is -0.652. The minimum Gasteiger partial charge on any atom is -0.444 e. The number of ether oxygens (including phenoxy) is 2. The van der Waals surface area contributed by atoms with Crippen molar-refractivity contribution in [2.75, 3.05) is 46.4 Å². The number of rotatable bonds is 6. The Morgan fingerprint density at radius 3 is 2.12 bits per heavy atom. The number of carbonyl (C=O) groups excluding carboxylic acids is 2. The number of nitrogens with one attached hydrogen (secondary N) is 1. The fraction of sp³-hybridized carbons (Fsp3) is 0.882. The van der Waals surface area contributed by atoms with Crippen LogP contribution in [0.25, 0.3) is 0 Å². The number of carbonyl (C=O) groups is 2. The van der Waals surface area contributed by atoms with E-state index in [0.717, 1.165) is 0 Å². The van der Waals surface area contributed by atoms with Gasteiger partial charge >= 0.3 is 6.09 Å². The number of piperazine rings is 1. The van der Waals surface area contributed by atoms with Crippen molar-refractivity contribution in [1.82, 2.24) is 15.1 Å². The first-order valence-electron chi connectivity index (χ1n) is 8.60. The zero-order valence-corrected chi connectivity index (χ0v) is 16.2. The Hall–Kier alpha value is -1.41. The number of alkyl carbamates (subject to hydrolysis) is 1. The van der Waals surface area contributed by atoms with Crippen LogP contribution in [0.3, 0.4) is 0 Å². The summed E-state index contributed by atoms with van der Waals surface area (Å²) in [7, 11) is 1.47. The molecule has 146 valence electrons. The van der Waals surface area contributed by atoms with E-state index in [1.54, 1.807) is 39.5 Å². The monoisotopic (exact) mass is 361 g/mol. The Bertz CT molecular complexity index is 452. The lowest BCUT2D eigenvalue weighted by molar-refractivity contribution is -0.136. The highest BCUT2D eigenvalue weighted by atomic mass is 19.1. The zero-order valence-electron chi connectivity index (χ0n) is 16.2. The van der Waals surface area contributed by atoms with E-state index in [-0.39, 0.29) is 12.5 Å². The van der Waals surface area contributed by atoms with Crippen molar-refractivity contribution in [3.63, 3.8) is 0 Å². The highest BCUT2D eigenvalue weighted by Gasteiger charge is 2.31. The lowest BCUT2D eigenvalue weighted by Gasteiger charge is -2.38. The highest BCUT2D eigenvalue weighted by Crippen LogP contribution is 2.13. The van der Waals surface area contributed by atoms with Crippen LogP contribution >= 0.6 is 0 Å². The summed E-state index contributed by atoms with van der Waals surface area (Å²) < 4.78 is 24.0. The molecule has 0 spiro atoms. The van der Waals surface area contributed by atoms with E-state index in [4.69, 9.17) is 9.47 Å². The number of methoxy groups -OCH3 is 1. The van der Waals surface area contributed by atoms with E-state index >= 15 is 0 Å². The predicted molar refractivity (Wildman–Crippen MR) is 93.2 cm³/mol. The van der Waals surface area contributed by atoms with Gasteiger partial charge in [0.05, 0.1) is 6.61 Å². The van der Waals surface area contributed by atoms with Crippen LogP contribution in [0.2, 0.25) is 0 Å². The molecule has 2 amide bonds. The molecule has 0 aromatic rings. The van der Waals surface area contributed by atoms with Gasteiger partial charge in [-0.3, -0.25) is 9.69 Å². The van der Waals surface area contributed by atoms with Crippen LogP contribution in [-0.4, -0.2) is 85.6 Å². The maximum atomic E-state index is 13.7. The molecule has 1 unspecified atom stereocenters. The summed E-state index contributed by atoms with van der Waals surface area (Å²) in [6.45, 7) is 10.9. The van der Waals surface area contributed by atoms with Gasteiger partial charge in [0.25, 0.3) is 0 Å². The van der Waals surface area contributed by atoms with Crippen LogP contribution in [0.15, 0.2) is 0 Å². The molecule has 1 heterocycles. The van der Waals surface area contributed by atoms with E-state index in [1.165, 1.54) is 7.11 Å². The molecule has 0 aliphatic carbocycles. The molecule has 0 aromatic heterocycles. The molecule has 0 saturated carbocycles. The lowest BCUT2D eigenvalue weighted by atomic mass is 10.1. The van der Waals surface area contributed by atoms with Gasteiger partial charge in [-0.25, -0.2) is 9.18 Å². The van der Waals surface area contributed by atoms with E-state index < -0.39 is 23.4 Å². The lowest BCUT2D eigenvalue weighted by Crippen LogP contribution is -2.57. The van der Waals surface area contributed by atoms with Gasteiger partial charge in [-0.1, -0.05) is 0 Å². The second-order valence-electron chi connectivity index (χ2n) is 7.97. The highest BCUT2D eigenvalue weighted by molar-refractivity contribution is 5.86. The van der Waals surface area contributed by atoms with Crippen LogP contribution in [0.4, 0.5) is 9.18 Å². The summed E-state index contributed by atoms with van der Waals surface area (Å²) in [5.41, 5.74) is -1.90. The SMILES string of the molecule is COCC(NC(=O)OC(C)(C)C)C(=O)N1CCN(CC(C)(C)F)CC1. The number of alkyl halides is 1. The molecule has 1 aliphatic rings. The predicted octanol–water partition coefficient (Wildman–Crippen LogP) is 1.42. The molecule has 0 bridgehead atoms. The van der Waals surface area contributed by atoms with Gasteiger partial charge in [-0.15, -0.1) is 0 Å². The molecule has 1 N–H and O–H groups in total. The standard InChI is InChI=1S/C17H32FN3O4/c1-16(2,3)25-15(23)19-13(11-24-6)14(22)21-9-7-20(8-10-21)12-17(4,5)18/h13H,7-12H2,1-6H3,(H,19,23). The van der Waals surface area contributed by atoms with Crippen LogP contribution in [0.1, 0.15) is 34.6 Å². The van der Waals surface area contributed by atoms with Crippen LogP contribution in [0, 0.1) is 0 Å². The Morgan fingerprint density at radius 2 is 1.68 bits per heavy atom. The maximum Gasteiger partial charge on any atom is 0.408 e. The van der Waals surface area contributed by atoms with Gasteiger partial charge in [0.2, 0.25) is 5.91 Å². The molecule has 1 aliphatic heterocycles. The number of hydrogen-bond acceptors (Lipinski definition) is 5. The Labute approximate surface area is 149 Å². The summed E-state index contributed by atoms with van der Waals surface area (Å²) in [6, 6.07) is -0.802. The number of nitrogens with zero attached hydrogens (tertiary/aromatic N) is 2. The summed E-state index contributed by atoms with van der Waals surface area (Å²) in [5.74, 6) is -0.216. The molecule has 0 aromatic carbocycles. The van der Waals surface area contributed by atoms with Gasteiger partial charge in [0.15, 0.2) is 0 Å². The Balaban J connectivity index is 2.58. The second kappa shape index (κ2) is 8.80. The van der Waals surface area contributed by atoms with E-state index in [2.05, 4.69) is 5.32 Å². The van der Waals surface area contributed by atoms with Gasteiger partial charge in [0, 0.05) is 39.8 Å². The third-order valence-corrected chi connectivity index (χ3v) is 3.61. The second-order valence-corrected chi connectivity index (χ2v) is 7.97.